The van der Waals surface area contributed by atoms with Gasteiger partial charge in [0.2, 0.25) is 0 Å². The van der Waals surface area contributed by atoms with E-state index in [9.17, 15) is 8.42 Å². The van der Waals surface area contributed by atoms with E-state index in [1.807, 2.05) is 6.07 Å². The molecule has 7 heteroatoms. The fraction of sp³-hybridized carbons (Fsp3) is 0.440. The summed E-state index contributed by atoms with van der Waals surface area (Å²) < 4.78 is 29.1. The molecule has 3 heterocycles. The lowest BCUT2D eigenvalue weighted by atomic mass is 10.00. The Morgan fingerprint density at radius 1 is 1.03 bits per heavy atom. The van der Waals surface area contributed by atoms with Crippen molar-refractivity contribution in [3.05, 3.63) is 54.1 Å². The zero-order chi connectivity index (χ0) is 22.0. The highest BCUT2D eigenvalue weighted by Crippen LogP contribution is 2.31. The molecule has 2 aliphatic heterocycles. The predicted octanol–water partition coefficient (Wildman–Crippen LogP) is 3.90. The number of nitrogens with zero attached hydrogens (tertiary/aromatic N) is 1. The molecule has 2 aromatic carbocycles. The van der Waals surface area contributed by atoms with E-state index in [0.717, 1.165) is 56.0 Å². The molecule has 0 amide bonds. The van der Waals surface area contributed by atoms with Crippen LogP contribution in [0, 0.1) is 5.92 Å². The second-order valence-corrected chi connectivity index (χ2v) is 11.3. The zero-order valence-electron chi connectivity index (χ0n) is 18.3. The van der Waals surface area contributed by atoms with Crippen molar-refractivity contribution in [2.24, 2.45) is 5.92 Å². The molecule has 0 atom stereocenters. The second kappa shape index (κ2) is 9.25. The number of fused-ring (bicyclic) bond motifs is 1. The molecule has 2 saturated heterocycles. The van der Waals surface area contributed by atoms with Crippen molar-refractivity contribution in [1.82, 2.24) is 9.88 Å². The standard InChI is InChI=1S/C25H31N3O3S/c29-32(30)12-8-28(9-13-32)18-20-14-22-16-23(21-4-2-1-3-5-21)27-25(22)24(15-20)26-17-19-6-10-31-11-7-19/h1-5,14-16,19,26-27H,6-13,17-18H2. The largest absolute Gasteiger partial charge is 0.383 e. The van der Waals surface area contributed by atoms with Crippen molar-refractivity contribution in [2.45, 2.75) is 19.4 Å². The van der Waals surface area contributed by atoms with Gasteiger partial charge < -0.3 is 15.0 Å². The fourth-order valence-corrected chi connectivity index (χ4v) is 5.96. The third-order valence-electron chi connectivity index (χ3n) is 6.64. The monoisotopic (exact) mass is 453 g/mol. The molecule has 3 aromatic rings. The molecule has 0 saturated carbocycles. The third-order valence-corrected chi connectivity index (χ3v) is 8.25. The summed E-state index contributed by atoms with van der Waals surface area (Å²) in [6.45, 7) is 4.61. The molecule has 0 spiro atoms. The van der Waals surface area contributed by atoms with Crippen molar-refractivity contribution >= 4 is 26.4 Å². The zero-order valence-corrected chi connectivity index (χ0v) is 19.2. The number of ether oxygens (including phenoxy) is 1. The van der Waals surface area contributed by atoms with Gasteiger partial charge in [-0.1, -0.05) is 30.3 Å². The summed E-state index contributed by atoms with van der Waals surface area (Å²) in [5.74, 6) is 1.14. The molecule has 2 aliphatic rings. The molecule has 2 fully saturated rings. The van der Waals surface area contributed by atoms with Gasteiger partial charge in [0.25, 0.3) is 0 Å². The lowest BCUT2D eigenvalue weighted by Crippen LogP contribution is -2.39. The molecule has 6 nitrogen and oxygen atoms in total. The minimum Gasteiger partial charge on any atom is -0.383 e. The normalized spacial score (nSPS) is 19.9. The van der Waals surface area contributed by atoms with Crippen molar-refractivity contribution < 1.29 is 13.2 Å². The van der Waals surface area contributed by atoms with Crippen molar-refractivity contribution in [1.29, 1.82) is 0 Å². The van der Waals surface area contributed by atoms with Crippen LogP contribution in [-0.2, 0) is 21.1 Å². The van der Waals surface area contributed by atoms with Gasteiger partial charge in [-0.2, -0.15) is 0 Å². The molecule has 1 aromatic heterocycles. The molecule has 0 aliphatic carbocycles. The number of rotatable bonds is 6. The number of hydrogen-bond acceptors (Lipinski definition) is 5. The molecular formula is C25H31N3O3S. The summed E-state index contributed by atoms with van der Waals surface area (Å²) in [6, 6.07) is 17.1. The van der Waals surface area contributed by atoms with Crippen LogP contribution in [0.4, 0.5) is 5.69 Å². The highest BCUT2D eigenvalue weighted by molar-refractivity contribution is 7.91. The minimum absolute atomic E-state index is 0.256. The first-order valence-electron chi connectivity index (χ1n) is 11.5. The first-order valence-corrected chi connectivity index (χ1v) is 13.3. The summed E-state index contributed by atoms with van der Waals surface area (Å²) in [5.41, 5.74) is 5.74. The number of anilines is 1. The Labute approximate surface area is 189 Å². The van der Waals surface area contributed by atoms with Crippen LogP contribution >= 0.6 is 0 Å². The first-order chi connectivity index (χ1) is 15.6. The molecular weight excluding hydrogens is 422 g/mol. The number of aromatic nitrogens is 1. The van der Waals surface area contributed by atoms with Gasteiger partial charge in [0.15, 0.2) is 9.84 Å². The SMILES string of the molecule is O=S1(=O)CCN(Cc2cc(NCC3CCOCC3)c3[nH]c(-c4ccccc4)cc3c2)CC1. The topological polar surface area (TPSA) is 74.4 Å². The lowest BCUT2D eigenvalue weighted by Gasteiger charge is -2.27. The van der Waals surface area contributed by atoms with Gasteiger partial charge >= 0.3 is 0 Å². The predicted molar refractivity (Wildman–Crippen MR) is 130 cm³/mol. The van der Waals surface area contributed by atoms with Crippen molar-refractivity contribution in [2.75, 3.05) is 49.7 Å². The van der Waals surface area contributed by atoms with Crippen LogP contribution in [0.2, 0.25) is 0 Å². The molecule has 0 radical (unpaired) electrons. The van der Waals surface area contributed by atoms with E-state index in [2.05, 4.69) is 57.7 Å². The van der Waals surface area contributed by atoms with Crippen LogP contribution in [0.1, 0.15) is 18.4 Å². The summed E-state index contributed by atoms with van der Waals surface area (Å²) in [6.07, 6.45) is 2.19. The van der Waals surface area contributed by atoms with E-state index in [-0.39, 0.29) is 11.5 Å². The Morgan fingerprint density at radius 2 is 1.78 bits per heavy atom. The number of nitrogens with one attached hydrogen (secondary N) is 2. The maximum atomic E-state index is 11.8. The van der Waals surface area contributed by atoms with Crippen LogP contribution in [0.5, 0.6) is 0 Å². The van der Waals surface area contributed by atoms with Crippen LogP contribution in [0.3, 0.4) is 0 Å². The van der Waals surface area contributed by atoms with E-state index in [1.54, 1.807) is 0 Å². The highest BCUT2D eigenvalue weighted by atomic mass is 32.2. The average molecular weight is 454 g/mol. The average Bonchev–Trinajstić information content (AvgIpc) is 3.25. The van der Waals surface area contributed by atoms with Crippen LogP contribution in [0.25, 0.3) is 22.2 Å². The van der Waals surface area contributed by atoms with Gasteiger partial charge in [0, 0.05) is 50.5 Å². The Balaban J connectivity index is 1.42. The van der Waals surface area contributed by atoms with Crippen LogP contribution in [0.15, 0.2) is 48.5 Å². The van der Waals surface area contributed by atoms with E-state index in [4.69, 9.17) is 4.74 Å². The molecule has 0 bridgehead atoms. The second-order valence-electron chi connectivity index (χ2n) is 9.02. The highest BCUT2D eigenvalue weighted by Gasteiger charge is 2.22. The maximum Gasteiger partial charge on any atom is 0.152 e. The lowest BCUT2D eigenvalue weighted by molar-refractivity contribution is 0.0699. The number of H-pyrrole nitrogens is 1. The van der Waals surface area contributed by atoms with Crippen molar-refractivity contribution in [3.8, 4) is 11.3 Å². The van der Waals surface area contributed by atoms with Gasteiger partial charge in [-0.3, -0.25) is 4.90 Å². The molecule has 0 unspecified atom stereocenters. The Hall–Kier alpha value is -2.35. The number of hydrogen-bond donors (Lipinski definition) is 2. The number of sulfone groups is 1. The van der Waals surface area contributed by atoms with Gasteiger partial charge in [0.1, 0.15) is 0 Å². The maximum absolute atomic E-state index is 11.8. The summed E-state index contributed by atoms with van der Waals surface area (Å²) >= 11 is 0. The van der Waals surface area contributed by atoms with Gasteiger partial charge in [0.05, 0.1) is 22.7 Å². The smallest absolute Gasteiger partial charge is 0.152 e. The number of benzene rings is 2. The van der Waals surface area contributed by atoms with Gasteiger partial charge in [-0.25, -0.2) is 8.42 Å². The van der Waals surface area contributed by atoms with E-state index >= 15 is 0 Å². The Bertz CT molecular complexity index is 1150. The Kier molecular flexibility index (Phi) is 6.22. The Morgan fingerprint density at radius 3 is 2.53 bits per heavy atom. The third kappa shape index (κ3) is 5.00. The van der Waals surface area contributed by atoms with Gasteiger partial charge in [-0.05, 0) is 48.1 Å². The fourth-order valence-electron chi connectivity index (χ4n) is 4.68. The van der Waals surface area contributed by atoms with Gasteiger partial charge in [-0.15, -0.1) is 0 Å². The molecule has 5 rings (SSSR count). The summed E-state index contributed by atoms with van der Waals surface area (Å²) in [4.78, 5) is 5.87. The van der Waals surface area contributed by atoms with Crippen molar-refractivity contribution in [3.63, 3.8) is 0 Å². The molecule has 32 heavy (non-hydrogen) atoms. The van der Waals surface area contributed by atoms with E-state index < -0.39 is 9.84 Å². The number of aromatic amines is 1. The van der Waals surface area contributed by atoms with E-state index in [1.165, 1.54) is 16.5 Å². The molecule has 170 valence electrons. The quantitative estimate of drug-likeness (QED) is 0.592. The summed E-state index contributed by atoms with van der Waals surface area (Å²) in [7, 11) is -2.87. The molecule has 2 N–H and O–H groups in total. The van der Waals surface area contributed by atoms with E-state index in [0.29, 0.717) is 19.0 Å². The summed E-state index contributed by atoms with van der Waals surface area (Å²) in [5, 5.41) is 4.89. The minimum atomic E-state index is -2.87. The van der Waals surface area contributed by atoms with Crippen LogP contribution < -0.4 is 5.32 Å². The van der Waals surface area contributed by atoms with Crippen LogP contribution in [-0.4, -0.2) is 62.7 Å². The first kappa shape index (κ1) is 21.5.